The molecule has 0 fully saturated rings. The number of halogens is 2. The maximum Gasteiger partial charge on any atom is 0.128 e. The maximum atomic E-state index is 6.12. The number of aromatic nitrogens is 3. The molecule has 147 valence electrons. The average Bonchev–Trinajstić information content (AvgIpc) is 3.34. The zero-order valence-corrected chi connectivity index (χ0v) is 18.1. The molecule has 1 radical (unpaired) electrons. The Kier molecular flexibility index (Phi) is 5.92. The summed E-state index contributed by atoms with van der Waals surface area (Å²) in [7, 11) is 1.91. The Morgan fingerprint density at radius 2 is 1.97 bits per heavy atom. The number of anilines is 2. The predicted octanol–water partition coefficient (Wildman–Crippen LogP) is 5.93. The Balaban J connectivity index is 1.62. The van der Waals surface area contributed by atoms with Crippen LogP contribution in [0.1, 0.15) is 0 Å². The number of aryl methyl sites for hydroxylation is 1. The fraction of sp³-hybridized carbons (Fsp3) is 0.136. The molecule has 0 aliphatic heterocycles. The molecule has 0 amide bonds. The lowest BCUT2D eigenvalue weighted by molar-refractivity contribution is 0.299. The first-order valence-corrected chi connectivity index (χ1v) is 10.3. The van der Waals surface area contributed by atoms with Crippen molar-refractivity contribution < 1.29 is 4.74 Å². The first-order valence-electron chi connectivity index (χ1n) is 9.10. The molecule has 0 unspecified atom stereocenters. The van der Waals surface area contributed by atoms with E-state index in [1.54, 1.807) is 6.20 Å². The van der Waals surface area contributed by atoms with Gasteiger partial charge in [0.25, 0.3) is 0 Å². The van der Waals surface area contributed by atoms with E-state index in [0.29, 0.717) is 11.6 Å². The van der Waals surface area contributed by atoms with Crippen LogP contribution in [0.25, 0.3) is 11.3 Å². The van der Waals surface area contributed by atoms with Gasteiger partial charge >= 0.3 is 0 Å². The van der Waals surface area contributed by atoms with E-state index in [0.717, 1.165) is 39.4 Å². The molecule has 2 aromatic heterocycles. The van der Waals surface area contributed by atoms with Crippen LogP contribution in [0.5, 0.6) is 5.75 Å². The fourth-order valence-electron chi connectivity index (χ4n) is 3.05. The topological polar surface area (TPSA) is 44.0 Å². The largest absolute Gasteiger partial charge is 0.491 e. The van der Waals surface area contributed by atoms with Crippen LogP contribution >= 0.6 is 27.5 Å². The van der Waals surface area contributed by atoms with Crippen molar-refractivity contribution in [2.24, 2.45) is 7.05 Å². The van der Waals surface area contributed by atoms with Crippen LogP contribution in [0.15, 0.2) is 71.5 Å². The second-order valence-electron chi connectivity index (χ2n) is 6.49. The Hall–Kier alpha value is -2.70. The molecule has 0 aliphatic rings. The van der Waals surface area contributed by atoms with Crippen molar-refractivity contribution in [3.05, 3.63) is 82.7 Å². The highest BCUT2D eigenvalue weighted by atomic mass is 79.9. The normalized spacial score (nSPS) is 10.9. The summed E-state index contributed by atoms with van der Waals surface area (Å²) in [4.78, 5) is 0. The van der Waals surface area contributed by atoms with Gasteiger partial charge in [-0.15, -0.1) is 0 Å². The minimum atomic E-state index is 0.539. The van der Waals surface area contributed by atoms with E-state index in [-0.39, 0.29) is 0 Å². The van der Waals surface area contributed by atoms with Crippen LogP contribution in [0.2, 0.25) is 5.02 Å². The standard InChI is InChI=1S/C22H19BrClN4O/c1-27-22(20(23)15-25-27)19-14-18(26-17-6-4-16(24)5-7-17)8-9-21(19)29-13-12-28-10-2-3-11-28/h2-10,14-15,26H,12-13H2,1H3. The van der Waals surface area contributed by atoms with Gasteiger partial charge in [-0.2, -0.15) is 5.10 Å². The van der Waals surface area contributed by atoms with E-state index in [1.165, 1.54) is 0 Å². The molecule has 0 saturated carbocycles. The molecule has 7 heteroatoms. The minimum Gasteiger partial charge on any atom is -0.491 e. The van der Waals surface area contributed by atoms with E-state index in [4.69, 9.17) is 16.3 Å². The molecule has 0 bridgehead atoms. The number of nitrogens with one attached hydrogen (secondary N) is 1. The third kappa shape index (κ3) is 4.66. The van der Waals surface area contributed by atoms with Crippen LogP contribution in [-0.2, 0) is 13.6 Å². The Morgan fingerprint density at radius 1 is 1.17 bits per heavy atom. The van der Waals surface area contributed by atoms with Crippen LogP contribution < -0.4 is 10.1 Å². The summed E-state index contributed by atoms with van der Waals surface area (Å²) < 4.78 is 10.8. The summed E-state index contributed by atoms with van der Waals surface area (Å²) >= 11 is 9.59. The van der Waals surface area contributed by atoms with Gasteiger partial charge in [0.05, 0.1) is 29.1 Å². The van der Waals surface area contributed by atoms with E-state index in [1.807, 2.05) is 71.0 Å². The molecular formula is C22H19BrClN4O. The lowest BCUT2D eigenvalue weighted by Gasteiger charge is -2.15. The highest BCUT2D eigenvalue weighted by molar-refractivity contribution is 9.10. The SMILES string of the molecule is Cn1ncc(Br)c1-c1cc(Nc2ccc(Cl)cc2)ccc1OCCn1[c]ccc1. The van der Waals surface area contributed by atoms with E-state index in [9.17, 15) is 0 Å². The van der Waals surface area contributed by atoms with Gasteiger partial charge in [-0.05, 0) is 70.5 Å². The summed E-state index contributed by atoms with van der Waals surface area (Å²) in [6.07, 6.45) is 6.88. The highest BCUT2D eigenvalue weighted by Crippen LogP contribution is 2.37. The third-order valence-corrected chi connectivity index (χ3v) is 5.29. The summed E-state index contributed by atoms with van der Waals surface area (Å²) in [6, 6.07) is 17.5. The Morgan fingerprint density at radius 3 is 2.66 bits per heavy atom. The number of ether oxygens (including phenoxy) is 1. The molecule has 0 saturated heterocycles. The summed E-state index contributed by atoms with van der Waals surface area (Å²) in [5.74, 6) is 0.795. The van der Waals surface area contributed by atoms with Crippen molar-refractivity contribution in [2.45, 2.75) is 6.54 Å². The fourth-order valence-corrected chi connectivity index (χ4v) is 3.74. The first kappa shape index (κ1) is 19.6. The van der Waals surface area contributed by atoms with Crippen molar-refractivity contribution in [1.29, 1.82) is 0 Å². The maximum absolute atomic E-state index is 6.12. The van der Waals surface area contributed by atoms with Crippen molar-refractivity contribution in [2.75, 3.05) is 11.9 Å². The van der Waals surface area contributed by atoms with Crippen molar-refractivity contribution >= 4 is 38.9 Å². The van der Waals surface area contributed by atoms with Gasteiger partial charge in [0.15, 0.2) is 0 Å². The second-order valence-corrected chi connectivity index (χ2v) is 7.78. The molecular weight excluding hydrogens is 452 g/mol. The predicted molar refractivity (Wildman–Crippen MR) is 120 cm³/mol. The number of hydrogen-bond acceptors (Lipinski definition) is 3. The second kappa shape index (κ2) is 8.76. The molecule has 2 heterocycles. The van der Waals surface area contributed by atoms with E-state index in [2.05, 4.69) is 38.6 Å². The number of hydrogen-bond donors (Lipinski definition) is 1. The summed E-state index contributed by atoms with van der Waals surface area (Å²) in [5, 5.41) is 8.46. The molecule has 29 heavy (non-hydrogen) atoms. The zero-order valence-electron chi connectivity index (χ0n) is 15.8. The molecule has 4 aromatic rings. The highest BCUT2D eigenvalue weighted by Gasteiger charge is 2.15. The Labute approximate surface area is 183 Å². The Bertz CT molecular complexity index is 1070. The molecule has 0 aliphatic carbocycles. The molecule has 2 aromatic carbocycles. The van der Waals surface area contributed by atoms with E-state index >= 15 is 0 Å². The molecule has 0 spiro atoms. The zero-order chi connectivity index (χ0) is 20.2. The lowest BCUT2D eigenvalue weighted by Crippen LogP contribution is -2.08. The molecule has 4 rings (SSSR count). The lowest BCUT2D eigenvalue weighted by atomic mass is 10.1. The van der Waals surface area contributed by atoms with Gasteiger partial charge < -0.3 is 14.6 Å². The molecule has 5 nitrogen and oxygen atoms in total. The smallest absolute Gasteiger partial charge is 0.128 e. The first-order chi connectivity index (χ1) is 14.1. The van der Waals surface area contributed by atoms with Crippen molar-refractivity contribution in [1.82, 2.24) is 14.3 Å². The van der Waals surface area contributed by atoms with E-state index < -0.39 is 0 Å². The van der Waals surface area contributed by atoms with Crippen LogP contribution in [0.4, 0.5) is 11.4 Å². The monoisotopic (exact) mass is 469 g/mol. The molecule has 0 atom stereocenters. The quantitative estimate of drug-likeness (QED) is 0.364. The number of nitrogens with zero attached hydrogens (tertiary/aromatic N) is 3. The minimum absolute atomic E-state index is 0.539. The van der Waals surface area contributed by atoms with Gasteiger partial charge in [-0.25, -0.2) is 0 Å². The van der Waals surface area contributed by atoms with Gasteiger partial charge in [0.2, 0.25) is 0 Å². The number of rotatable bonds is 7. The van der Waals surface area contributed by atoms with Gasteiger partial charge in [-0.3, -0.25) is 4.68 Å². The summed E-state index contributed by atoms with van der Waals surface area (Å²) in [6.45, 7) is 1.27. The number of benzene rings is 2. The molecule has 1 N–H and O–H groups in total. The van der Waals surface area contributed by atoms with Crippen molar-refractivity contribution in [3.63, 3.8) is 0 Å². The third-order valence-electron chi connectivity index (χ3n) is 4.45. The van der Waals surface area contributed by atoms with Crippen molar-refractivity contribution in [3.8, 4) is 17.0 Å². The summed E-state index contributed by atoms with van der Waals surface area (Å²) in [5.41, 5.74) is 3.81. The van der Waals surface area contributed by atoms with Crippen LogP contribution in [0.3, 0.4) is 0 Å². The van der Waals surface area contributed by atoms with Gasteiger partial charge in [0.1, 0.15) is 12.4 Å². The van der Waals surface area contributed by atoms with Crippen LogP contribution in [-0.4, -0.2) is 21.0 Å². The van der Waals surface area contributed by atoms with Gasteiger partial charge in [0, 0.05) is 35.2 Å². The van der Waals surface area contributed by atoms with Crippen LogP contribution in [0, 0.1) is 6.20 Å². The van der Waals surface area contributed by atoms with Gasteiger partial charge in [-0.1, -0.05) is 11.6 Å². The average molecular weight is 471 g/mol.